The summed E-state index contributed by atoms with van der Waals surface area (Å²) in [5, 5.41) is 0. The van der Waals surface area contributed by atoms with Gasteiger partial charge in [0.15, 0.2) is 0 Å². The van der Waals surface area contributed by atoms with Crippen molar-refractivity contribution >= 4 is 17.6 Å². The van der Waals surface area contributed by atoms with E-state index >= 15 is 0 Å². The number of imide groups is 1. The van der Waals surface area contributed by atoms with Gasteiger partial charge in [-0.25, -0.2) is 4.79 Å². The van der Waals surface area contributed by atoms with Gasteiger partial charge >= 0.3 is 6.03 Å². The van der Waals surface area contributed by atoms with Crippen LogP contribution in [-0.2, 0) is 4.79 Å². The molecule has 3 amide bonds. The highest BCUT2D eigenvalue weighted by molar-refractivity contribution is 6.12. The van der Waals surface area contributed by atoms with Crippen LogP contribution in [0.5, 0.6) is 0 Å². The molecule has 0 unspecified atom stereocenters. The number of carbonyl (C=O) groups is 2. The minimum absolute atomic E-state index is 0.0533. The van der Waals surface area contributed by atoms with E-state index in [1.54, 1.807) is 4.90 Å². The van der Waals surface area contributed by atoms with Crippen LogP contribution < -0.4 is 4.90 Å². The minimum Gasteiger partial charge on any atom is -0.285 e. The van der Waals surface area contributed by atoms with Crippen molar-refractivity contribution < 1.29 is 9.59 Å². The molecule has 2 aliphatic rings. The maximum absolute atomic E-state index is 12.5. The van der Waals surface area contributed by atoms with Crippen molar-refractivity contribution in [2.24, 2.45) is 0 Å². The summed E-state index contributed by atoms with van der Waals surface area (Å²) in [6, 6.07) is 7.72. The molecule has 4 nitrogen and oxygen atoms in total. The number of urea groups is 1. The Balaban J connectivity index is 1.80. The van der Waals surface area contributed by atoms with Crippen molar-refractivity contribution in [3.05, 3.63) is 29.8 Å². The molecule has 1 aliphatic carbocycles. The van der Waals surface area contributed by atoms with Gasteiger partial charge in [0.05, 0.1) is 0 Å². The summed E-state index contributed by atoms with van der Waals surface area (Å²) >= 11 is 0. The van der Waals surface area contributed by atoms with E-state index in [0.717, 1.165) is 36.9 Å². The molecule has 0 atom stereocenters. The van der Waals surface area contributed by atoms with Gasteiger partial charge in [0.2, 0.25) is 0 Å². The summed E-state index contributed by atoms with van der Waals surface area (Å²) in [6.07, 6.45) is 5.37. The first kappa shape index (κ1) is 13.2. The molecule has 0 spiro atoms. The number of rotatable bonds is 2. The molecule has 1 saturated carbocycles. The van der Waals surface area contributed by atoms with E-state index < -0.39 is 0 Å². The highest BCUT2D eigenvalue weighted by Crippen LogP contribution is 2.28. The number of carbonyl (C=O) groups excluding carboxylic acids is 2. The topological polar surface area (TPSA) is 40.6 Å². The Labute approximate surface area is 119 Å². The lowest BCUT2D eigenvalue weighted by atomic mass is 9.94. The molecule has 4 heteroatoms. The van der Waals surface area contributed by atoms with Crippen molar-refractivity contribution in [1.29, 1.82) is 0 Å². The van der Waals surface area contributed by atoms with Gasteiger partial charge in [0.1, 0.15) is 6.54 Å². The maximum Gasteiger partial charge on any atom is 0.331 e. The number of anilines is 1. The number of benzene rings is 1. The third kappa shape index (κ3) is 2.30. The summed E-state index contributed by atoms with van der Waals surface area (Å²) in [5.41, 5.74) is 1.96. The van der Waals surface area contributed by atoms with Crippen molar-refractivity contribution in [3.63, 3.8) is 0 Å². The quantitative estimate of drug-likeness (QED) is 0.776. The summed E-state index contributed by atoms with van der Waals surface area (Å²) in [5.74, 6) is -0.0533. The van der Waals surface area contributed by atoms with Gasteiger partial charge in [-0.05, 0) is 31.9 Å². The van der Waals surface area contributed by atoms with Gasteiger partial charge in [-0.15, -0.1) is 0 Å². The van der Waals surface area contributed by atoms with Crippen LogP contribution in [0.1, 0.15) is 37.7 Å². The van der Waals surface area contributed by atoms with Crippen molar-refractivity contribution in [3.8, 4) is 0 Å². The first-order valence-electron chi connectivity index (χ1n) is 7.37. The largest absolute Gasteiger partial charge is 0.331 e. The molecule has 1 saturated heterocycles. The average Bonchev–Trinajstić information content (AvgIpc) is 2.76. The van der Waals surface area contributed by atoms with Gasteiger partial charge in [0, 0.05) is 11.7 Å². The first-order chi connectivity index (χ1) is 9.66. The predicted octanol–water partition coefficient (Wildman–Crippen LogP) is 3.10. The van der Waals surface area contributed by atoms with Crippen LogP contribution in [0.3, 0.4) is 0 Å². The normalized spacial score (nSPS) is 20.9. The SMILES string of the molecule is Cc1ccc(N2CC(=O)N(C3CCCCC3)C2=O)cc1. The highest BCUT2D eigenvalue weighted by atomic mass is 16.2. The lowest BCUT2D eigenvalue weighted by Crippen LogP contribution is -2.42. The summed E-state index contributed by atoms with van der Waals surface area (Å²) in [4.78, 5) is 27.8. The molecule has 1 heterocycles. The Kier molecular flexibility index (Phi) is 3.47. The molecule has 20 heavy (non-hydrogen) atoms. The second kappa shape index (κ2) is 5.27. The average molecular weight is 272 g/mol. The fraction of sp³-hybridized carbons (Fsp3) is 0.500. The van der Waals surface area contributed by atoms with Gasteiger partial charge < -0.3 is 0 Å². The van der Waals surface area contributed by atoms with Crippen molar-refractivity contribution in [2.75, 3.05) is 11.4 Å². The zero-order valence-electron chi connectivity index (χ0n) is 11.8. The second-order valence-corrected chi connectivity index (χ2v) is 5.76. The minimum atomic E-state index is -0.147. The van der Waals surface area contributed by atoms with Gasteiger partial charge in [0.25, 0.3) is 5.91 Å². The zero-order valence-corrected chi connectivity index (χ0v) is 11.8. The molecule has 0 N–H and O–H groups in total. The molecule has 0 bridgehead atoms. The number of hydrogen-bond acceptors (Lipinski definition) is 2. The lowest BCUT2D eigenvalue weighted by molar-refractivity contribution is -0.126. The Hall–Kier alpha value is -1.84. The predicted molar refractivity (Wildman–Crippen MR) is 77.6 cm³/mol. The molecule has 1 aliphatic heterocycles. The van der Waals surface area contributed by atoms with Crippen molar-refractivity contribution in [2.45, 2.75) is 45.1 Å². The molecule has 1 aromatic carbocycles. The Morgan fingerprint density at radius 2 is 1.65 bits per heavy atom. The third-order valence-electron chi connectivity index (χ3n) is 4.28. The standard InChI is InChI=1S/C16H20N2O2/c1-12-7-9-13(10-8-12)17-11-15(19)18(16(17)20)14-5-3-2-4-6-14/h7-10,14H,2-6,11H2,1H3. The van der Waals surface area contributed by atoms with E-state index in [4.69, 9.17) is 0 Å². The van der Waals surface area contributed by atoms with Crippen LogP contribution in [0.15, 0.2) is 24.3 Å². The molecular formula is C16H20N2O2. The van der Waals surface area contributed by atoms with Crippen LogP contribution in [0, 0.1) is 6.92 Å². The summed E-state index contributed by atoms with van der Waals surface area (Å²) in [6.45, 7) is 2.19. The van der Waals surface area contributed by atoms with Crippen LogP contribution in [0.4, 0.5) is 10.5 Å². The van der Waals surface area contributed by atoms with E-state index in [-0.39, 0.29) is 24.5 Å². The maximum atomic E-state index is 12.5. The fourth-order valence-electron chi connectivity index (χ4n) is 3.14. The number of amides is 3. The van der Waals surface area contributed by atoms with Gasteiger partial charge in [-0.1, -0.05) is 37.0 Å². The molecule has 2 fully saturated rings. The third-order valence-corrected chi connectivity index (χ3v) is 4.28. The Morgan fingerprint density at radius 3 is 2.30 bits per heavy atom. The second-order valence-electron chi connectivity index (χ2n) is 5.76. The van der Waals surface area contributed by atoms with E-state index in [0.29, 0.717) is 0 Å². The monoisotopic (exact) mass is 272 g/mol. The highest BCUT2D eigenvalue weighted by Gasteiger charge is 2.41. The number of nitrogens with zero attached hydrogens (tertiary/aromatic N) is 2. The Bertz CT molecular complexity index is 518. The number of hydrogen-bond donors (Lipinski definition) is 0. The molecule has 106 valence electrons. The number of aryl methyl sites for hydroxylation is 1. The molecule has 0 radical (unpaired) electrons. The molecule has 0 aromatic heterocycles. The van der Waals surface area contributed by atoms with Crippen LogP contribution in [0.2, 0.25) is 0 Å². The molecule has 1 aromatic rings. The van der Waals surface area contributed by atoms with Gasteiger partial charge in [-0.3, -0.25) is 14.6 Å². The first-order valence-corrected chi connectivity index (χ1v) is 7.37. The summed E-state index contributed by atoms with van der Waals surface area (Å²) in [7, 11) is 0. The zero-order chi connectivity index (χ0) is 14.1. The molecule has 3 rings (SSSR count). The van der Waals surface area contributed by atoms with Crippen LogP contribution in [0.25, 0.3) is 0 Å². The molecular weight excluding hydrogens is 252 g/mol. The van der Waals surface area contributed by atoms with E-state index in [9.17, 15) is 9.59 Å². The van der Waals surface area contributed by atoms with Crippen LogP contribution in [-0.4, -0.2) is 29.4 Å². The smallest absolute Gasteiger partial charge is 0.285 e. The van der Waals surface area contributed by atoms with Gasteiger partial charge in [-0.2, -0.15) is 0 Å². The fourth-order valence-corrected chi connectivity index (χ4v) is 3.14. The summed E-state index contributed by atoms with van der Waals surface area (Å²) < 4.78 is 0. The van der Waals surface area contributed by atoms with E-state index in [2.05, 4.69) is 0 Å². The van der Waals surface area contributed by atoms with Crippen molar-refractivity contribution in [1.82, 2.24) is 4.90 Å². The van der Waals surface area contributed by atoms with E-state index in [1.165, 1.54) is 11.3 Å². The lowest BCUT2D eigenvalue weighted by Gasteiger charge is -2.29. The van der Waals surface area contributed by atoms with E-state index in [1.807, 2.05) is 31.2 Å². The Morgan fingerprint density at radius 1 is 1.00 bits per heavy atom. The van der Waals surface area contributed by atoms with Crippen LogP contribution >= 0.6 is 0 Å².